The number of hydrogen-bond acceptors (Lipinski definition) is 6. The molecule has 1 saturated heterocycles. The second-order valence-electron chi connectivity index (χ2n) is 6.59. The highest BCUT2D eigenvalue weighted by Gasteiger charge is 2.25. The van der Waals surface area contributed by atoms with E-state index in [9.17, 15) is 4.79 Å². The molecule has 1 atom stereocenters. The fourth-order valence-corrected chi connectivity index (χ4v) is 3.51. The maximum absolute atomic E-state index is 12.7. The van der Waals surface area contributed by atoms with Gasteiger partial charge in [0.05, 0.1) is 0 Å². The van der Waals surface area contributed by atoms with Crippen LogP contribution in [0.5, 0.6) is 11.5 Å². The van der Waals surface area contributed by atoms with Gasteiger partial charge in [-0.05, 0) is 44.1 Å². The molecule has 1 aromatic heterocycles. The molecular formula is C19H23N3O4. The van der Waals surface area contributed by atoms with Crippen LogP contribution in [0.4, 0.5) is 0 Å². The highest BCUT2D eigenvalue weighted by atomic mass is 16.6. The van der Waals surface area contributed by atoms with E-state index < -0.39 is 0 Å². The Bertz CT molecular complexity index is 789. The molecule has 2 aromatic rings. The van der Waals surface area contributed by atoms with E-state index in [4.69, 9.17) is 13.9 Å². The Morgan fingerprint density at radius 2 is 2.15 bits per heavy atom. The maximum Gasteiger partial charge on any atom is 0.274 e. The van der Waals surface area contributed by atoms with Gasteiger partial charge in [0.2, 0.25) is 0 Å². The van der Waals surface area contributed by atoms with Crippen LogP contribution in [0.15, 0.2) is 29.0 Å². The molecule has 0 aliphatic carbocycles. The number of rotatable bonds is 4. The van der Waals surface area contributed by atoms with Crippen LogP contribution in [0.25, 0.3) is 11.3 Å². The van der Waals surface area contributed by atoms with Crippen molar-refractivity contribution >= 4 is 5.91 Å². The van der Waals surface area contributed by atoms with Crippen molar-refractivity contribution in [3.05, 3.63) is 30.3 Å². The predicted octanol–water partition coefficient (Wildman–Crippen LogP) is 2.33. The third kappa shape index (κ3) is 3.39. The number of carbonyl (C=O) groups excluding carboxylic acids is 1. The molecule has 0 bridgehead atoms. The lowest BCUT2D eigenvalue weighted by Gasteiger charge is -2.32. The number of nitrogens with zero attached hydrogens (tertiary/aromatic N) is 2. The molecule has 0 radical (unpaired) electrons. The van der Waals surface area contributed by atoms with Crippen LogP contribution in [-0.4, -0.2) is 54.7 Å². The number of fused-ring (bicyclic) bond motifs is 1. The average molecular weight is 357 g/mol. The van der Waals surface area contributed by atoms with Gasteiger partial charge in [0.1, 0.15) is 13.2 Å². The number of benzene rings is 1. The zero-order valence-corrected chi connectivity index (χ0v) is 14.9. The van der Waals surface area contributed by atoms with Crippen molar-refractivity contribution in [1.82, 2.24) is 15.2 Å². The number of amides is 1. The molecule has 0 saturated carbocycles. The van der Waals surface area contributed by atoms with Crippen LogP contribution in [0.1, 0.15) is 30.3 Å². The smallest absolute Gasteiger partial charge is 0.274 e. The minimum absolute atomic E-state index is 0.140. The number of nitrogens with one attached hydrogen (secondary N) is 1. The fraction of sp³-hybridized carbons (Fsp3) is 0.474. The van der Waals surface area contributed by atoms with E-state index in [1.165, 1.54) is 6.39 Å². The maximum atomic E-state index is 12.7. The Kier molecular flexibility index (Phi) is 4.79. The summed E-state index contributed by atoms with van der Waals surface area (Å²) >= 11 is 0. The summed E-state index contributed by atoms with van der Waals surface area (Å²) in [7, 11) is 0. The Morgan fingerprint density at radius 1 is 1.31 bits per heavy atom. The Labute approximate surface area is 152 Å². The molecule has 1 aromatic carbocycles. The summed E-state index contributed by atoms with van der Waals surface area (Å²) in [6.07, 6.45) is 3.38. The lowest BCUT2D eigenvalue weighted by molar-refractivity contribution is 0.0901. The number of likely N-dealkylation sites (N-methyl/N-ethyl adjacent to an activating group) is 1. The van der Waals surface area contributed by atoms with Crippen LogP contribution in [-0.2, 0) is 0 Å². The number of ether oxygens (including phenoxy) is 2. The first kappa shape index (κ1) is 16.9. The second-order valence-corrected chi connectivity index (χ2v) is 6.59. The van der Waals surface area contributed by atoms with E-state index in [0.717, 1.165) is 38.0 Å². The van der Waals surface area contributed by atoms with Gasteiger partial charge in [0.15, 0.2) is 29.3 Å². The molecule has 1 amide bonds. The van der Waals surface area contributed by atoms with Gasteiger partial charge in [-0.2, -0.15) is 0 Å². The van der Waals surface area contributed by atoms with Gasteiger partial charge in [-0.3, -0.25) is 4.79 Å². The molecule has 4 rings (SSSR count). The lowest BCUT2D eigenvalue weighted by Crippen LogP contribution is -2.47. The quantitative estimate of drug-likeness (QED) is 0.905. The highest BCUT2D eigenvalue weighted by Crippen LogP contribution is 2.35. The largest absolute Gasteiger partial charge is 0.486 e. The Balaban J connectivity index is 1.52. The third-order valence-corrected chi connectivity index (χ3v) is 4.87. The number of aromatic nitrogens is 1. The number of hydrogen-bond donors (Lipinski definition) is 1. The molecule has 138 valence electrons. The number of likely N-dealkylation sites (tertiary alicyclic amines) is 1. The fourth-order valence-electron chi connectivity index (χ4n) is 3.51. The molecule has 1 fully saturated rings. The van der Waals surface area contributed by atoms with E-state index >= 15 is 0 Å². The molecule has 7 nitrogen and oxygen atoms in total. The monoisotopic (exact) mass is 357 g/mol. The molecule has 0 spiro atoms. The number of carbonyl (C=O) groups is 1. The van der Waals surface area contributed by atoms with Gasteiger partial charge >= 0.3 is 0 Å². The molecule has 7 heteroatoms. The van der Waals surface area contributed by atoms with Gasteiger partial charge in [-0.1, -0.05) is 6.92 Å². The van der Waals surface area contributed by atoms with E-state index in [-0.39, 0.29) is 11.9 Å². The van der Waals surface area contributed by atoms with Crippen molar-refractivity contribution in [2.45, 2.75) is 25.8 Å². The summed E-state index contributed by atoms with van der Waals surface area (Å²) < 4.78 is 16.7. The summed E-state index contributed by atoms with van der Waals surface area (Å²) in [6.45, 7) is 6.16. The molecule has 1 N–H and O–H groups in total. The molecule has 26 heavy (non-hydrogen) atoms. The topological polar surface area (TPSA) is 76.8 Å². The van der Waals surface area contributed by atoms with Crippen molar-refractivity contribution < 1.29 is 18.7 Å². The van der Waals surface area contributed by atoms with Crippen molar-refractivity contribution in [1.29, 1.82) is 0 Å². The van der Waals surface area contributed by atoms with Gasteiger partial charge < -0.3 is 24.1 Å². The first-order chi connectivity index (χ1) is 12.7. The number of oxazole rings is 1. The summed E-state index contributed by atoms with van der Waals surface area (Å²) in [5.41, 5.74) is 1.05. The van der Waals surface area contributed by atoms with Crippen LogP contribution in [0.2, 0.25) is 0 Å². The summed E-state index contributed by atoms with van der Waals surface area (Å²) in [4.78, 5) is 19.2. The van der Waals surface area contributed by atoms with E-state index in [1.54, 1.807) is 0 Å². The average Bonchev–Trinajstić information content (AvgIpc) is 3.18. The zero-order valence-electron chi connectivity index (χ0n) is 14.9. The minimum atomic E-state index is -0.202. The van der Waals surface area contributed by atoms with Crippen LogP contribution in [0.3, 0.4) is 0 Å². The Morgan fingerprint density at radius 3 is 3.00 bits per heavy atom. The minimum Gasteiger partial charge on any atom is -0.486 e. The first-order valence-corrected chi connectivity index (χ1v) is 9.11. The standard InChI is InChI=1S/C19H23N3O4/c1-2-22-7-3-4-14(11-22)21-19(23)17-18(26-12-20-17)13-5-6-15-16(10-13)25-9-8-24-15/h5-6,10,12,14H,2-4,7-9,11H2,1H3,(H,21,23)/t14-/m1/s1. The van der Waals surface area contributed by atoms with Crippen LogP contribution >= 0.6 is 0 Å². The zero-order chi connectivity index (χ0) is 17.9. The summed E-state index contributed by atoms with van der Waals surface area (Å²) in [5, 5.41) is 3.10. The highest BCUT2D eigenvalue weighted by molar-refractivity contribution is 5.97. The van der Waals surface area contributed by atoms with Crippen molar-refractivity contribution in [3.63, 3.8) is 0 Å². The summed E-state index contributed by atoms with van der Waals surface area (Å²) in [5.74, 6) is 1.60. The van der Waals surface area contributed by atoms with Gasteiger partial charge in [0.25, 0.3) is 5.91 Å². The number of piperidine rings is 1. The van der Waals surface area contributed by atoms with Crippen molar-refractivity contribution in [3.8, 4) is 22.8 Å². The van der Waals surface area contributed by atoms with Crippen LogP contribution < -0.4 is 14.8 Å². The van der Waals surface area contributed by atoms with E-state index in [0.29, 0.717) is 36.2 Å². The second kappa shape index (κ2) is 7.37. The molecule has 2 aliphatic heterocycles. The van der Waals surface area contributed by atoms with Gasteiger partial charge in [0, 0.05) is 18.2 Å². The van der Waals surface area contributed by atoms with E-state index in [1.807, 2.05) is 18.2 Å². The Hall–Kier alpha value is -2.54. The third-order valence-electron chi connectivity index (χ3n) is 4.87. The van der Waals surface area contributed by atoms with Crippen LogP contribution in [0, 0.1) is 0 Å². The van der Waals surface area contributed by atoms with Gasteiger partial charge in [-0.25, -0.2) is 4.98 Å². The molecule has 3 heterocycles. The summed E-state index contributed by atoms with van der Waals surface area (Å²) in [6, 6.07) is 5.64. The molecule has 0 unspecified atom stereocenters. The SMILES string of the molecule is CCN1CCC[C@@H](NC(=O)c2ncoc2-c2ccc3c(c2)OCCO3)C1. The van der Waals surface area contributed by atoms with Gasteiger partial charge in [-0.15, -0.1) is 0 Å². The molecule has 2 aliphatic rings. The van der Waals surface area contributed by atoms with Crippen molar-refractivity contribution in [2.24, 2.45) is 0 Å². The van der Waals surface area contributed by atoms with Crippen molar-refractivity contribution in [2.75, 3.05) is 32.8 Å². The normalized spacial score (nSPS) is 20.0. The lowest BCUT2D eigenvalue weighted by atomic mass is 10.0. The molecular weight excluding hydrogens is 334 g/mol. The first-order valence-electron chi connectivity index (χ1n) is 9.11. The predicted molar refractivity (Wildman–Crippen MR) is 95.5 cm³/mol. The van der Waals surface area contributed by atoms with E-state index in [2.05, 4.69) is 22.1 Å².